The van der Waals surface area contributed by atoms with Gasteiger partial charge in [0.05, 0.1) is 6.17 Å². The van der Waals surface area contributed by atoms with Crippen molar-refractivity contribution >= 4 is 0 Å². The molecule has 0 heterocycles. The molecule has 1 fully saturated rings. The Labute approximate surface area is 82.5 Å². The van der Waals surface area contributed by atoms with Gasteiger partial charge >= 0.3 is 0 Å². The normalized spacial score (nSPS) is 20.8. The fourth-order valence-corrected chi connectivity index (χ4v) is 2.00. The second-order valence-corrected chi connectivity index (χ2v) is 4.18. The van der Waals surface area contributed by atoms with Gasteiger partial charge in [0.2, 0.25) is 0 Å². The number of nitrogens with one attached hydrogen (secondary N) is 2. The Morgan fingerprint density at radius 2 is 2.00 bits per heavy atom. The summed E-state index contributed by atoms with van der Waals surface area (Å²) in [5.74, 6) is 0. The van der Waals surface area contributed by atoms with Crippen LogP contribution >= 0.6 is 0 Å². The molecule has 0 spiro atoms. The van der Waals surface area contributed by atoms with E-state index in [2.05, 4.69) is 24.5 Å². The van der Waals surface area contributed by atoms with Crippen LogP contribution in [0.2, 0.25) is 0 Å². The predicted molar refractivity (Wildman–Crippen MR) is 57.8 cm³/mol. The van der Waals surface area contributed by atoms with Crippen LogP contribution in [0.4, 0.5) is 0 Å². The van der Waals surface area contributed by atoms with E-state index in [0.29, 0.717) is 6.17 Å². The third-order valence-electron chi connectivity index (χ3n) is 2.82. The molecule has 1 saturated carbocycles. The minimum absolute atomic E-state index is 0.495. The van der Waals surface area contributed by atoms with E-state index < -0.39 is 0 Å². The molecule has 2 heteroatoms. The van der Waals surface area contributed by atoms with E-state index in [1.165, 1.54) is 38.5 Å². The highest BCUT2D eigenvalue weighted by molar-refractivity contribution is 4.75. The largest absolute Gasteiger partial charge is 0.302 e. The molecular weight excluding hydrogens is 160 g/mol. The summed E-state index contributed by atoms with van der Waals surface area (Å²) in [6, 6.07) is 0.782. The van der Waals surface area contributed by atoms with Crippen LogP contribution in [0.15, 0.2) is 0 Å². The lowest BCUT2D eigenvalue weighted by molar-refractivity contribution is 0.390. The lowest BCUT2D eigenvalue weighted by Gasteiger charge is -2.20. The van der Waals surface area contributed by atoms with Crippen molar-refractivity contribution in [1.29, 1.82) is 0 Å². The number of rotatable bonds is 6. The van der Waals surface area contributed by atoms with Crippen molar-refractivity contribution in [3.05, 3.63) is 0 Å². The molecule has 2 N–H and O–H groups in total. The molecule has 0 bridgehead atoms. The van der Waals surface area contributed by atoms with E-state index in [9.17, 15) is 0 Å². The second kappa shape index (κ2) is 6.39. The average Bonchev–Trinajstić information content (AvgIpc) is 2.57. The highest BCUT2D eigenvalue weighted by Gasteiger charge is 2.15. The lowest BCUT2D eigenvalue weighted by atomic mass is 10.2. The molecule has 1 unspecified atom stereocenters. The summed E-state index contributed by atoms with van der Waals surface area (Å²) in [6.07, 6.45) is 8.65. The molecule has 1 aliphatic carbocycles. The lowest BCUT2D eigenvalue weighted by Crippen LogP contribution is -2.44. The highest BCUT2D eigenvalue weighted by atomic mass is 15.1. The van der Waals surface area contributed by atoms with Crippen LogP contribution in [-0.4, -0.2) is 18.8 Å². The fraction of sp³-hybridized carbons (Fsp3) is 1.00. The Hall–Kier alpha value is -0.0800. The van der Waals surface area contributed by atoms with E-state index in [-0.39, 0.29) is 0 Å². The third-order valence-corrected chi connectivity index (χ3v) is 2.82. The van der Waals surface area contributed by atoms with Crippen LogP contribution in [0, 0.1) is 0 Å². The van der Waals surface area contributed by atoms with Gasteiger partial charge in [-0.3, -0.25) is 5.32 Å². The van der Waals surface area contributed by atoms with Crippen molar-refractivity contribution in [2.75, 3.05) is 6.54 Å². The summed E-state index contributed by atoms with van der Waals surface area (Å²) in [7, 11) is 0. The summed E-state index contributed by atoms with van der Waals surface area (Å²) in [6.45, 7) is 5.61. The summed E-state index contributed by atoms with van der Waals surface area (Å²) in [5.41, 5.74) is 0. The molecular formula is C11H24N2. The zero-order valence-corrected chi connectivity index (χ0v) is 9.10. The fourth-order valence-electron chi connectivity index (χ4n) is 2.00. The van der Waals surface area contributed by atoms with Gasteiger partial charge in [0.25, 0.3) is 0 Å². The number of unbranched alkanes of at least 4 members (excludes halogenated alkanes) is 1. The maximum absolute atomic E-state index is 3.63. The van der Waals surface area contributed by atoms with Gasteiger partial charge in [-0.25, -0.2) is 0 Å². The Bertz CT molecular complexity index is 119. The SMILES string of the molecule is CCCCNC(C)NC1CCCC1. The Balaban J connectivity index is 1.99. The Morgan fingerprint density at radius 3 is 2.62 bits per heavy atom. The maximum Gasteiger partial charge on any atom is 0.0544 e. The first-order chi connectivity index (χ1) is 6.33. The monoisotopic (exact) mass is 184 g/mol. The predicted octanol–water partition coefficient (Wildman–Crippen LogP) is 2.25. The molecule has 0 saturated heterocycles. The average molecular weight is 184 g/mol. The van der Waals surface area contributed by atoms with Crippen LogP contribution in [0.25, 0.3) is 0 Å². The molecule has 1 atom stereocenters. The zero-order chi connectivity index (χ0) is 9.52. The Kier molecular flexibility index (Phi) is 5.40. The second-order valence-electron chi connectivity index (χ2n) is 4.18. The zero-order valence-electron chi connectivity index (χ0n) is 9.10. The molecule has 0 aliphatic heterocycles. The van der Waals surface area contributed by atoms with E-state index in [0.717, 1.165) is 12.6 Å². The van der Waals surface area contributed by atoms with E-state index in [4.69, 9.17) is 0 Å². The van der Waals surface area contributed by atoms with Crippen molar-refractivity contribution in [2.24, 2.45) is 0 Å². The van der Waals surface area contributed by atoms with Gasteiger partial charge in [-0.05, 0) is 32.7 Å². The van der Waals surface area contributed by atoms with E-state index >= 15 is 0 Å². The molecule has 13 heavy (non-hydrogen) atoms. The molecule has 0 aromatic heterocycles. The molecule has 78 valence electrons. The van der Waals surface area contributed by atoms with Crippen molar-refractivity contribution in [3.63, 3.8) is 0 Å². The van der Waals surface area contributed by atoms with E-state index in [1.54, 1.807) is 0 Å². The van der Waals surface area contributed by atoms with Crippen molar-refractivity contribution < 1.29 is 0 Å². The number of hydrogen-bond acceptors (Lipinski definition) is 2. The van der Waals surface area contributed by atoms with Crippen LogP contribution < -0.4 is 10.6 Å². The van der Waals surface area contributed by atoms with Crippen LogP contribution in [0.3, 0.4) is 0 Å². The molecule has 0 aromatic rings. The molecule has 2 nitrogen and oxygen atoms in total. The van der Waals surface area contributed by atoms with Crippen molar-refractivity contribution in [1.82, 2.24) is 10.6 Å². The van der Waals surface area contributed by atoms with Gasteiger partial charge in [0.15, 0.2) is 0 Å². The first-order valence-corrected chi connectivity index (χ1v) is 5.82. The molecule has 0 amide bonds. The minimum Gasteiger partial charge on any atom is -0.302 e. The van der Waals surface area contributed by atoms with Crippen molar-refractivity contribution in [2.45, 2.75) is 64.6 Å². The molecule has 1 rings (SSSR count). The molecule has 1 aliphatic rings. The van der Waals surface area contributed by atoms with Crippen LogP contribution in [0.5, 0.6) is 0 Å². The quantitative estimate of drug-likeness (QED) is 0.489. The standard InChI is InChI=1S/C11H24N2/c1-3-4-9-12-10(2)13-11-7-5-6-8-11/h10-13H,3-9H2,1-2H3. The topological polar surface area (TPSA) is 24.1 Å². The van der Waals surface area contributed by atoms with Gasteiger partial charge in [-0.2, -0.15) is 0 Å². The summed E-state index contributed by atoms with van der Waals surface area (Å²) < 4.78 is 0. The number of hydrogen-bond donors (Lipinski definition) is 2. The first-order valence-electron chi connectivity index (χ1n) is 5.82. The molecule has 0 radical (unpaired) electrons. The third kappa shape index (κ3) is 4.63. The molecule has 0 aromatic carbocycles. The maximum atomic E-state index is 3.63. The van der Waals surface area contributed by atoms with Gasteiger partial charge in [0, 0.05) is 6.04 Å². The van der Waals surface area contributed by atoms with Crippen LogP contribution in [0.1, 0.15) is 52.4 Å². The van der Waals surface area contributed by atoms with Gasteiger partial charge in [0.1, 0.15) is 0 Å². The summed E-state index contributed by atoms with van der Waals surface area (Å²) >= 11 is 0. The Morgan fingerprint density at radius 1 is 1.31 bits per heavy atom. The van der Waals surface area contributed by atoms with Crippen molar-refractivity contribution in [3.8, 4) is 0 Å². The first kappa shape index (κ1) is 11.0. The van der Waals surface area contributed by atoms with Gasteiger partial charge < -0.3 is 5.32 Å². The van der Waals surface area contributed by atoms with E-state index in [1.807, 2.05) is 0 Å². The minimum atomic E-state index is 0.495. The van der Waals surface area contributed by atoms with Crippen LogP contribution in [-0.2, 0) is 0 Å². The van der Waals surface area contributed by atoms with Gasteiger partial charge in [-0.15, -0.1) is 0 Å². The smallest absolute Gasteiger partial charge is 0.0544 e. The summed E-state index contributed by atoms with van der Waals surface area (Å²) in [5, 5.41) is 7.13. The summed E-state index contributed by atoms with van der Waals surface area (Å²) in [4.78, 5) is 0. The highest BCUT2D eigenvalue weighted by Crippen LogP contribution is 2.17. The van der Waals surface area contributed by atoms with Gasteiger partial charge in [-0.1, -0.05) is 26.2 Å².